The van der Waals surface area contributed by atoms with E-state index in [1.807, 2.05) is 20.8 Å². The molecule has 3 aromatic rings. The first-order valence-electron chi connectivity index (χ1n) is 10.3. The summed E-state index contributed by atoms with van der Waals surface area (Å²) in [5.41, 5.74) is 0.779. The Bertz CT molecular complexity index is 1240. The highest BCUT2D eigenvalue weighted by Gasteiger charge is 2.34. The number of aromatic amines is 1. The van der Waals surface area contributed by atoms with Crippen LogP contribution in [-0.4, -0.2) is 73.3 Å². The van der Waals surface area contributed by atoms with Gasteiger partial charge in [-0.1, -0.05) is 0 Å². The highest BCUT2D eigenvalue weighted by atomic mass is 32.1. The number of hydrogen-bond acceptors (Lipinski definition) is 7. The van der Waals surface area contributed by atoms with E-state index < -0.39 is 11.7 Å². The minimum absolute atomic E-state index is 0.122. The van der Waals surface area contributed by atoms with Crippen molar-refractivity contribution in [1.82, 2.24) is 29.5 Å². The van der Waals surface area contributed by atoms with E-state index in [1.165, 1.54) is 22.2 Å². The maximum atomic E-state index is 13.2. The summed E-state index contributed by atoms with van der Waals surface area (Å²) in [6, 6.07) is 1.65. The van der Waals surface area contributed by atoms with Gasteiger partial charge < -0.3 is 14.5 Å². The zero-order valence-corrected chi connectivity index (χ0v) is 19.5. The fourth-order valence-corrected chi connectivity index (χ4v) is 4.42. The number of nitrogens with zero attached hydrogens (tertiary/aromatic N) is 5. The molecule has 1 fully saturated rings. The summed E-state index contributed by atoms with van der Waals surface area (Å²) in [5, 5.41) is 6.09. The third kappa shape index (κ3) is 4.12. The topological polar surface area (TPSA) is 113 Å². The van der Waals surface area contributed by atoms with E-state index in [4.69, 9.17) is 4.74 Å². The standard InChI is InChI=1S/C21H26N6O4S/c1-12-14(10-22-27(12)19-23-15-7-9-32-16(15)17(28)24-19)18(29)26-8-6-13(11-26)25(5)20(30)31-21(2,3)4/h7,9-10,13H,6,8,11H2,1-5H3,(H,23,24,28)/t13-/m1/s1. The summed E-state index contributed by atoms with van der Waals surface area (Å²) >= 11 is 1.32. The number of amides is 2. The van der Waals surface area contributed by atoms with Gasteiger partial charge in [0.25, 0.3) is 11.5 Å². The zero-order chi connectivity index (χ0) is 23.2. The molecule has 0 saturated carbocycles. The Morgan fingerprint density at radius 3 is 2.81 bits per heavy atom. The molecule has 32 heavy (non-hydrogen) atoms. The van der Waals surface area contributed by atoms with Crippen molar-refractivity contribution in [1.29, 1.82) is 0 Å². The first-order chi connectivity index (χ1) is 15.0. The lowest BCUT2D eigenvalue weighted by Crippen LogP contribution is -2.42. The van der Waals surface area contributed by atoms with Crippen LogP contribution >= 0.6 is 11.3 Å². The van der Waals surface area contributed by atoms with Gasteiger partial charge in [-0.05, 0) is 45.6 Å². The molecule has 1 N–H and O–H groups in total. The van der Waals surface area contributed by atoms with E-state index in [0.717, 1.165) is 0 Å². The normalized spacial score (nSPS) is 16.5. The number of hydrogen-bond donors (Lipinski definition) is 1. The first-order valence-corrected chi connectivity index (χ1v) is 11.2. The molecule has 0 unspecified atom stereocenters. The molecule has 4 heterocycles. The van der Waals surface area contributed by atoms with E-state index in [9.17, 15) is 14.4 Å². The lowest BCUT2D eigenvalue weighted by Gasteiger charge is -2.28. The average Bonchev–Trinajstić information content (AvgIpc) is 3.45. The summed E-state index contributed by atoms with van der Waals surface area (Å²) in [4.78, 5) is 48.3. The van der Waals surface area contributed by atoms with Gasteiger partial charge in [-0.15, -0.1) is 11.3 Å². The predicted molar refractivity (Wildman–Crippen MR) is 120 cm³/mol. The molecule has 170 valence electrons. The van der Waals surface area contributed by atoms with Gasteiger partial charge in [0, 0.05) is 20.1 Å². The van der Waals surface area contributed by atoms with E-state index >= 15 is 0 Å². The van der Waals surface area contributed by atoms with Crippen molar-refractivity contribution in [3.05, 3.63) is 39.3 Å². The number of carbonyl (C=O) groups excluding carboxylic acids is 2. The van der Waals surface area contributed by atoms with Gasteiger partial charge in [0.15, 0.2) is 0 Å². The van der Waals surface area contributed by atoms with E-state index in [2.05, 4.69) is 15.1 Å². The Balaban J connectivity index is 1.50. The van der Waals surface area contributed by atoms with Crippen LogP contribution < -0.4 is 5.56 Å². The minimum Gasteiger partial charge on any atom is -0.444 e. The predicted octanol–water partition coefficient (Wildman–Crippen LogP) is 2.56. The second-order valence-corrected chi connectivity index (χ2v) is 9.78. The highest BCUT2D eigenvalue weighted by molar-refractivity contribution is 7.17. The number of fused-ring (bicyclic) bond motifs is 1. The zero-order valence-electron chi connectivity index (χ0n) is 18.7. The Hall–Kier alpha value is -3.21. The van der Waals surface area contributed by atoms with Crippen molar-refractivity contribution in [2.75, 3.05) is 20.1 Å². The maximum Gasteiger partial charge on any atom is 0.410 e. The largest absolute Gasteiger partial charge is 0.444 e. The Labute approximate surface area is 188 Å². The summed E-state index contributed by atoms with van der Waals surface area (Å²) in [5.74, 6) is 0.0919. The van der Waals surface area contributed by atoms with Crippen molar-refractivity contribution in [2.45, 2.75) is 45.8 Å². The maximum absolute atomic E-state index is 13.2. The number of likely N-dealkylation sites (N-methyl/N-ethyl adjacent to an activating group) is 1. The van der Waals surface area contributed by atoms with Crippen molar-refractivity contribution in [2.24, 2.45) is 0 Å². The summed E-state index contributed by atoms with van der Waals surface area (Å²) in [6.07, 6.45) is 1.75. The summed E-state index contributed by atoms with van der Waals surface area (Å²) in [6.45, 7) is 8.16. The number of carbonyl (C=O) groups is 2. The average molecular weight is 459 g/mol. The molecule has 10 nitrogen and oxygen atoms in total. The summed E-state index contributed by atoms with van der Waals surface area (Å²) < 4.78 is 7.45. The number of thiophene rings is 1. The van der Waals surface area contributed by atoms with Gasteiger partial charge >= 0.3 is 6.09 Å². The third-order valence-corrected chi connectivity index (χ3v) is 6.33. The lowest BCUT2D eigenvalue weighted by molar-refractivity contribution is 0.0226. The second-order valence-electron chi connectivity index (χ2n) is 8.86. The van der Waals surface area contributed by atoms with Gasteiger partial charge in [0.05, 0.1) is 29.0 Å². The van der Waals surface area contributed by atoms with E-state index in [0.29, 0.717) is 41.0 Å². The molecule has 0 bridgehead atoms. The van der Waals surface area contributed by atoms with Crippen LogP contribution in [0.4, 0.5) is 4.79 Å². The van der Waals surface area contributed by atoms with Crippen LogP contribution in [0.3, 0.4) is 0 Å². The van der Waals surface area contributed by atoms with Crippen molar-refractivity contribution in [3.63, 3.8) is 0 Å². The quantitative estimate of drug-likeness (QED) is 0.645. The number of rotatable bonds is 3. The van der Waals surface area contributed by atoms with Crippen molar-refractivity contribution in [3.8, 4) is 5.95 Å². The van der Waals surface area contributed by atoms with Crippen LogP contribution in [0.1, 0.15) is 43.2 Å². The molecule has 3 aromatic heterocycles. The molecular weight excluding hydrogens is 432 g/mol. The molecule has 4 rings (SSSR count). The summed E-state index contributed by atoms with van der Waals surface area (Å²) in [7, 11) is 1.69. The number of aromatic nitrogens is 4. The molecule has 0 radical (unpaired) electrons. The number of likely N-dealkylation sites (tertiary alicyclic amines) is 1. The van der Waals surface area contributed by atoms with Crippen LogP contribution in [0.25, 0.3) is 16.2 Å². The van der Waals surface area contributed by atoms with Crippen LogP contribution in [0, 0.1) is 6.92 Å². The molecule has 1 saturated heterocycles. The molecular formula is C21H26N6O4S. The number of H-pyrrole nitrogens is 1. The van der Waals surface area contributed by atoms with Gasteiger partial charge in [0.2, 0.25) is 5.95 Å². The Morgan fingerprint density at radius 2 is 2.09 bits per heavy atom. The highest BCUT2D eigenvalue weighted by Crippen LogP contribution is 2.22. The Morgan fingerprint density at radius 1 is 1.34 bits per heavy atom. The molecule has 1 atom stereocenters. The fourth-order valence-electron chi connectivity index (χ4n) is 3.69. The van der Waals surface area contributed by atoms with Gasteiger partial charge in [-0.3, -0.25) is 14.6 Å². The van der Waals surface area contributed by atoms with Crippen LogP contribution in [0.5, 0.6) is 0 Å². The van der Waals surface area contributed by atoms with Gasteiger partial charge in [0.1, 0.15) is 10.3 Å². The first kappa shape index (κ1) is 22.0. The van der Waals surface area contributed by atoms with Gasteiger partial charge in [-0.25, -0.2) is 14.5 Å². The number of nitrogens with one attached hydrogen (secondary N) is 1. The minimum atomic E-state index is -0.577. The Kier molecular flexibility index (Phi) is 5.53. The molecule has 0 aromatic carbocycles. The van der Waals surface area contributed by atoms with Crippen molar-refractivity contribution < 1.29 is 14.3 Å². The van der Waals surface area contributed by atoms with E-state index in [-0.39, 0.29) is 23.5 Å². The van der Waals surface area contributed by atoms with Crippen LogP contribution in [0.2, 0.25) is 0 Å². The van der Waals surface area contributed by atoms with E-state index in [1.54, 1.807) is 35.2 Å². The molecule has 0 spiro atoms. The third-order valence-electron chi connectivity index (χ3n) is 5.42. The smallest absolute Gasteiger partial charge is 0.410 e. The fraction of sp³-hybridized carbons (Fsp3) is 0.476. The lowest BCUT2D eigenvalue weighted by atomic mass is 10.2. The molecule has 0 aliphatic carbocycles. The van der Waals surface area contributed by atoms with Crippen molar-refractivity contribution >= 4 is 33.6 Å². The SMILES string of the molecule is Cc1c(C(=O)N2CC[C@@H](N(C)C(=O)OC(C)(C)C)C2)cnn1-c1nc2ccsc2c(=O)[nH]1. The second kappa shape index (κ2) is 8.05. The molecule has 11 heteroatoms. The van der Waals surface area contributed by atoms with Gasteiger partial charge in [-0.2, -0.15) is 5.10 Å². The molecule has 1 aliphatic heterocycles. The van der Waals surface area contributed by atoms with Crippen LogP contribution in [0.15, 0.2) is 22.4 Å². The monoisotopic (exact) mass is 458 g/mol. The van der Waals surface area contributed by atoms with Crippen LogP contribution in [-0.2, 0) is 4.74 Å². The molecule has 1 aliphatic rings. The number of ether oxygens (including phenoxy) is 1. The molecule has 2 amide bonds.